The lowest BCUT2D eigenvalue weighted by atomic mass is 9.96. The number of carbonyl (C=O) groups excluding carboxylic acids is 1. The van der Waals surface area contributed by atoms with E-state index in [-0.39, 0.29) is 11.8 Å². The minimum Gasteiger partial charge on any atom is -0.425 e. The van der Waals surface area contributed by atoms with E-state index in [1.165, 1.54) is 0 Å². The lowest BCUT2D eigenvalue weighted by Gasteiger charge is -2.30. The molecule has 4 rings (SSSR count). The maximum Gasteiger partial charge on any atom is 0.255 e. The summed E-state index contributed by atoms with van der Waals surface area (Å²) < 4.78 is 6.66. The molecule has 0 N–H and O–H groups in total. The predicted molar refractivity (Wildman–Crippen MR) is 93.3 cm³/mol. The number of rotatable bonds is 3. The number of carbonyl (C=O) groups is 1. The van der Waals surface area contributed by atoms with E-state index in [2.05, 4.69) is 26.1 Å². The molecule has 1 aliphatic heterocycles. The van der Waals surface area contributed by atoms with Gasteiger partial charge in [0.1, 0.15) is 0 Å². The average molecular weight is 411 g/mol. The summed E-state index contributed by atoms with van der Waals surface area (Å²) in [6.45, 7) is 1.35. The molecule has 1 aliphatic carbocycles. The van der Waals surface area contributed by atoms with Crippen molar-refractivity contribution < 1.29 is 9.21 Å². The highest BCUT2D eigenvalue weighted by Gasteiger charge is 2.32. The monoisotopic (exact) mass is 409 g/mol. The van der Waals surface area contributed by atoms with Crippen LogP contribution in [0.15, 0.2) is 27.1 Å². The molecule has 0 atom stereocenters. The van der Waals surface area contributed by atoms with Crippen molar-refractivity contribution in [3.05, 3.63) is 45.0 Å². The van der Waals surface area contributed by atoms with Gasteiger partial charge in [0, 0.05) is 29.4 Å². The van der Waals surface area contributed by atoms with Crippen LogP contribution < -0.4 is 0 Å². The number of piperidine rings is 1. The van der Waals surface area contributed by atoms with Crippen molar-refractivity contribution in [2.75, 3.05) is 13.1 Å². The Labute approximate surface area is 153 Å². The minimum atomic E-state index is -0.0241. The Balaban J connectivity index is 1.41. The van der Waals surface area contributed by atoms with E-state index < -0.39 is 0 Å². The van der Waals surface area contributed by atoms with Crippen molar-refractivity contribution >= 4 is 33.4 Å². The van der Waals surface area contributed by atoms with Crippen LogP contribution in [0.2, 0.25) is 5.02 Å². The van der Waals surface area contributed by atoms with Crippen molar-refractivity contribution in [3.8, 4) is 0 Å². The van der Waals surface area contributed by atoms with Gasteiger partial charge in [0.15, 0.2) is 0 Å². The summed E-state index contributed by atoms with van der Waals surface area (Å²) in [5.41, 5.74) is 0.540. The van der Waals surface area contributed by atoms with Crippen LogP contribution in [0.4, 0.5) is 0 Å². The van der Waals surface area contributed by atoms with Crippen LogP contribution in [0, 0.1) is 0 Å². The number of amides is 1. The summed E-state index contributed by atoms with van der Waals surface area (Å²) in [5.74, 6) is 2.21. The van der Waals surface area contributed by atoms with E-state index in [0.29, 0.717) is 29.6 Å². The van der Waals surface area contributed by atoms with Crippen molar-refractivity contribution in [1.29, 1.82) is 0 Å². The van der Waals surface area contributed by atoms with Crippen LogP contribution in [0.3, 0.4) is 0 Å². The number of benzene rings is 1. The van der Waals surface area contributed by atoms with Crippen molar-refractivity contribution in [3.63, 3.8) is 0 Å². The third kappa shape index (κ3) is 3.22. The predicted octanol–water partition coefficient (Wildman–Crippen LogP) is 4.38. The molecule has 24 heavy (non-hydrogen) atoms. The van der Waals surface area contributed by atoms with Gasteiger partial charge in [0.05, 0.1) is 10.6 Å². The largest absolute Gasteiger partial charge is 0.425 e. The molecule has 1 amide bonds. The van der Waals surface area contributed by atoms with Gasteiger partial charge in [-0.15, -0.1) is 10.2 Å². The second-order valence-corrected chi connectivity index (χ2v) is 7.77. The highest BCUT2D eigenvalue weighted by molar-refractivity contribution is 9.10. The third-order valence-corrected chi connectivity index (χ3v) is 5.50. The first kappa shape index (κ1) is 16.1. The first-order chi connectivity index (χ1) is 11.6. The summed E-state index contributed by atoms with van der Waals surface area (Å²) in [5, 5.41) is 8.85. The fourth-order valence-corrected chi connectivity index (χ4v) is 3.63. The number of nitrogens with zero attached hydrogens (tertiary/aromatic N) is 3. The van der Waals surface area contributed by atoms with Gasteiger partial charge in [0.2, 0.25) is 11.8 Å². The van der Waals surface area contributed by atoms with Gasteiger partial charge in [-0.2, -0.15) is 0 Å². The maximum absolute atomic E-state index is 12.7. The van der Waals surface area contributed by atoms with Gasteiger partial charge in [-0.3, -0.25) is 4.79 Å². The SMILES string of the molecule is O=C(c1cc(Br)ccc1Cl)N1CCC(c2nnc(C3CC3)o2)CC1. The first-order valence-electron chi connectivity index (χ1n) is 8.19. The van der Waals surface area contributed by atoms with E-state index in [1.807, 2.05) is 11.0 Å². The Hall–Kier alpha value is -1.40. The van der Waals surface area contributed by atoms with Crippen molar-refractivity contribution in [2.45, 2.75) is 37.5 Å². The molecule has 0 spiro atoms. The molecule has 0 radical (unpaired) electrons. The Morgan fingerprint density at radius 2 is 1.75 bits per heavy atom. The second kappa shape index (κ2) is 6.48. The molecule has 2 fully saturated rings. The van der Waals surface area contributed by atoms with Crippen LogP contribution in [0.1, 0.15) is 59.7 Å². The van der Waals surface area contributed by atoms with E-state index in [4.69, 9.17) is 16.0 Å². The van der Waals surface area contributed by atoms with Crippen molar-refractivity contribution in [2.24, 2.45) is 0 Å². The highest BCUT2D eigenvalue weighted by Crippen LogP contribution is 2.40. The normalized spacial score (nSPS) is 18.8. The number of halogens is 2. The molecule has 1 saturated heterocycles. The summed E-state index contributed by atoms with van der Waals surface area (Å²) >= 11 is 9.56. The van der Waals surface area contributed by atoms with Crippen LogP contribution >= 0.6 is 27.5 Å². The molecule has 7 heteroatoms. The molecule has 5 nitrogen and oxygen atoms in total. The fraction of sp³-hybridized carbons (Fsp3) is 0.471. The van der Waals surface area contributed by atoms with Gasteiger partial charge in [0.25, 0.3) is 5.91 Å². The lowest BCUT2D eigenvalue weighted by molar-refractivity contribution is 0.0706. The van der Waals surface area contributed by atoms with Gasteiger partial charge < -0.3 is 9.32 Å². The Kier molecular flexibility index (Phi) is 4.35. The topological polar surface area (TPSA) is 59.2 Å². The molecule has 1 aromatic carbocycles. The molecule has 0 unspecified atom stereocenters. The third-order valence-electron chi connectivity index (χ3n) is 4.67. The molecule has 126 valence electrons. The number of hydrogen-bond donors (Lipinski definition) is 0. The number of hydrogen-bond acceptors (Lipinski definition) is 4. The fourth-order valence-electron chi connectivity index (χ4n) is 3.07. The van der Waals surface area contributed by atoms with Crippen molar-refractivity contribution in [1.82, 2.24) is 15.1 Å². The standard InChI is InChI=1S/C17H17BrClN3O2/c18-12-3-4-14(19)13(9-12)17(23)22-7-5-11(6-8-22)16-21-20-15(24-16)10-1-2-10/h3-4,9-11H,1-2,5-8H2. The van der Waals surface area contributed by atoms with Crippen LogP contribution in [0.25, 0.3) is 0 Å². The Morgan fingerprint density at radius 1 is 1.12 bits per heavy atom. The zero-order valence-corrected chi connectivity index (χ0v) is 15.4. The Morgan fingerprint density at radius 3 is 2.38 bits per heavy atom. The minimum absolute atomic E-state index is 0.0241. The summed E-state index contributed by atoms with van der Waals surface area (Å²) in [4.78, 5) is 14.5. The van der Waals surface area contributed by atoms with Gasteiger partial charge in [-0.25, -0.2) is 0 Å². The molecule has 2 aliphatic rings. The lowest BCUT2D eigenvalue weighted by Crippen LogP contribution is -2.38. The zero-order valence-electron chi connectivity index (χ0n) is 13.0. The first-order valence-corrected chi connectivity index (χ1v) is 9.36. The number of aromatic nitrogens is 2. The van der Waals surface area contributed by atoms with Crippen LogP contribution in [0.5, 0.6) is 0 Å². The summed E-state index contributed by atoms with van der Waals surface area (Å²) in [6, 6.07) is 5.35. The highest BCUT2D eigenvalue weighted by atomic mass is 79.9. The maximum atomic E-state index is 12.7. The Bertz CT molecular complexity index is 767. The molecular formula is C17H17BrClN3O2. The van der Waals surface area contributed by atoms with E-state index in [1.54, 1.807) is 12.1 Å². The van der Waals surface area contributed by atoms with Crippen LogP contribution in [-0.2, 0) is 0 Å². The average Bonchev–Trinajstić information content (AvgIpc) is 3.34. The van der Waals surface area contributed by atoms with E-state index in [0.717, 1.165) is 41.9 Å². The number of likely N-dealkylation sites (tertiary alicyclic amines) is 1. The van der Waals surface area contributed by atoms with Crippen LogP contribution in [-0.4, -0.2) is 34.1 Å². The summed E-state index contributed by atoms with van der Waals surface area (Å²) in [7, 11) is 0. The zero-order chi connectivity index (χ0) is 16.7. The molecule has 1 saturated carbocycles. The van der Waals surface area contributed by atoms with E-state index in [9.17, 15) is 4.79 Å². The van der Waals surface area contributed by atoms with Gasteiger partial charge >= 0.3 is 0 Å². The molecular weight excluding hydrogens is 394 g/mol. The quantitative estimate of drug-likeness (QED) is 0.753. The molecule has 0 bridgehead atoms. The van der Waals surface area contributed by atoms with E-state index >= 15 is 0 Å². The van der Waals surface area contributed by atoms with Gasteiger partial charge in [-0.1, -0.05) is 27.5 Å². The summed E-state index contributed by atoms with van der Waals surface area (Å²) in [6.07, 6.45) is 3.98. The molecule has 2 aromatic rings. The second-order valence-electron chi connectivity index (χ2n) is 6.44. The molecule has 1 aromatic heterocycles. The smallest absolute Gasteiger partial charge is 0.255 e. The molecule has 2 heterocycles. The van der Waals surface area contributed by atoms with Gasteiger partial charge in [-0.05, 0) is 43.9 Å².